The van der Waals surface area contributed by atoms with Crippen molar-refractivity contribution >= 4 is 21.9 Å². The van der Waals surface area contributed by atoms with Crippen LogP contribution in [0.25, 0.3) is 0 Å². The van der Waals surface area contributed by atoms with Crippen molar-refractivity contribution in [2.24, 2.45) is 7.05 Å². The summed E-state index contributed by atoms with van der Waals surface area (Å²) in [5.41, 5.74) is 2.19. The third-order valence-electron chi connectivity index (χ3n) is 4.26. The third-order valence-corrected chi connectivity index (χ3v) is 5.17. The smallest absolute Gasteiger partial charge is 0.319 e. The van der Waals surface area contributed by atoms with Gasteiger partial charge >= 0.3 is 5.97 Å². The average molecular weight is 358 g/mol. The average Bonchev–Trinajstić information content (AvgIpc) is 3.09. The first-order chi connectivity index (χ1) is 10.1. The molecule has 0 radical (unpaired) electrons. The standard InChI is InChI=1S/C15H24BrN3O2/c1-4-12-15(16)13(18(2)17-12)9-19(10-14(20)21-3)11-7-5-6-8-11/h11H,4-10H2,1-3H3. The van der Waals surface area contributed by atoms with E-state index in [1.807, 2.05) is 11.7 Å². The largest absolute Gasteiger partial charge is 0.468 e. The van der Waals surface area contributed by atoms with E-state index >= 15 is 0 Å². The quantitative estimate of drug-likeness (QED) is 0.734. The molecule has 0 bridgehead atoms. The van der Waals surface area contributed by atoms with Gasteiger partial charge in [-0.15, -0.1) is 0 Å². The first-order valence-electron chi connectivity index (χ1n) is 7.57. The molecule has 1 aliphatic carbocycles. The highest BCUT2D eigenvalue weighted by Crippen LogP contribution is 2.28. The minimum Gasteiger partial charge on any atom is -0.468 e. The Morgan fingerprint density at radius 3 is 2.67 bits per heavy atom. The van der Waals surface area contributed by atoms with Gasteiger partial charge in [-0.3, -0.25) is 14.4 Å². The summed E-state index contributed by atoms with van der Waals surface area (Å²) in [7, 11) is 3.41. The molecule has 118 valence electrons. The summed E-state index contributed by atoms with van der Waals surface area (Å²) >= 11 is 3.66. The van der Waals surface area contributed by atoms with Crippen LogP contribution in [0, 0.1) is 0 Å². The van der Waals surface area contributed by atoms with Gasteiger partial charge < -0.3 is 4.74 Å². The second-order valence-electron chi connectivity index (χ2n) is 5.60. The summed E-state index contributed by atoms with van der Waals surface area (Å²) in [6, 6.07) is 0.468. The normalized spacial score (nSPS) is 15.9. The molecule has 6 heteroatoms. The van der Waals surface area contributed by atoms with Crippen molar-refractivity contribution in [2.45, 2.75) is 51.6 Å². The molecule has 0 spiro atoms. The number of methoxy groups -OCH3 is 1. The topological polar surface area (TPSA) is 47.4 Å². The van der Waals surface area contributed by atoms with E-state index in [1.165, 1.54) is 20.0 Å². The molecule has 21 heavy (non-hydrogen) atoms. The highest BCUT2D eigenvalue weighted by atomic mass is 79.9. The number of rotatable bonds is 6. The maximum absolute atomic E-state index is 11.7. The molecule has 1 heterocycles. The molecular formula is C15H24BrN3O2. The number of esters is 1. The van der Waals surface area contributed by atoms with E-state index in [9.17, 15) is 4.79 Å². The monoisotopic (exact) mass is 357 g/mol. The molecule has 1 fully saturated rings. The molecule has 5 nitrogen and oxygen atoms in total. The number of halogens is 1. The molecule has 0 N–H and O–H groups in total. The second-order valence-corrected chi connectivity index (χ2v) is 6.40. The summed E-state index contributed by atoms with van der Waals surface area (Å²) in [6.45, 7) is 3.17. The molecule has 2 rings (SSSR count). The Balaban J connectivity index is 2.17. The van der Waals surface area contributed by atoms with Gasteiger partial charge in [0.2, 0.25) is 0 Å². The lowest BCUT2D eigenvalue weighted by molar-refractivity contribution is -0.142. The van der Waals surface area contributed by atoms with Crippen molar-refractivity contribution in [2.75, 3.05) is 13.7 Å². The zero-order valence-corrected chi connectivity index (χ0v) is 14.6. The highest BCUT2D eigenvalue weighted by Gasteiger charge is 2.27. The minimum atomic E-state index is -0.170. The zero-order chi connectivity index (χ0) is 15.4. The number of nitrogens with zero attached hydrogens (tertiary/aromatic N) is 3. The Hall–Kier alpha value is -0.880. The van der Waals surface area contributed by atoms with Gasteiger partial charge in [-0.2, -0.15) is 5.10 Å². The van der Waals surface area contributed by atoms with E-state index in [4.69, 9.17) is 4.74 Å². The number of carbonyl (C=O) groups excluding carboxylic acids is 1. The van der Waals surface area contributed by atoms with Crippen molar-refractivity contribution in [3.05, 3.63) is 15.9 Å². The fraction of sp³-hybridized carbons (Fsp3) is 0.733. The summed E-state index contributed by atoms with van der Waals surface area (Å²) in [4.78, 5) is 13.9. The van der Waals surface area contributed by atoms with Gasteiger partial charge in [-0.25, -0.2) is 0 Å². The SMILES string of the molecule is CCc1nn(C)c(CN(CC(=O)OC)C2CCCC2)c1Br. The summed E-state index contributed by atoms with van der Waals surface area (Å²) < 4.78 is 7.84. The van der Waals surface area contributed by atoms with Crippen molar-refractivity contribution in [3.63, 3.8) is 0 Å². The van der Waals surface area contributed by atoms with Crippen molar-refractivity contribution < 1.29 is 9.53 Å². The number of aryl methyl sites for hydroxylation is 2. The van der Waals surface area contributed by atoms with Crippen LogP contribution in [0.2, 0.25) is 0 Å². The maximum atomic E-state index is 11.7. The zero-order valence-electron chi connectivity index (χ0n) is 13.1. The lowest BCUT2D eigenvalue weighted by atomic mass is 10.2. The number of hydrogen-bond acceptors (Lipinski definition) is 4. The number of aromatic nitrogens is 2. The summed E-state index contributed by atoms with van der Waals surface area (Å²) in [5, 5.41) is 4.53. The predicted molar refractivity (Wildman–Crippen MR) is 85.0 cm³/mol. The van der Waals surface area contributed by atoms with Crippen LogP contribution in [0.3, 0.4) is 0 Å². The van der Waals surface area contributed by atoms with Gasteiger partial charge in [0.05, 0.1) is 29.5 Å². The van der Waals surface area contributed by atoms with Crippen LogP contribution >= 0.6 is 15.9 Å². The second kappa shape index (κ2) is 7.40. The molecule has 1 aromatic rings. The van der Waals surface area contributed by atoms with Gasteiger partial charge in [0.15, 0.2) is 0 Å². The number of hydrogen-bond donors (Lipinski definition) is 0. The van der Waals surface area contributed by atoms with E-state index in [-0.39, 0.29) is 5.97 Å². The highest BCUT2D eigenvalue weighted by molar-refractivity contribution is 9.10. The lowest BCUT2D eigenvalue weighted by Crippen LogP contribution is -2.38. The van der Waals surface area contributed by atoms with E-state index < -0.39 is 0 Å². The molecule has 0 saturated heterocycles. The van der Waals surface area contributed by atoms with Crippen LogP contribution in [0.15, 0.2) is 4.47 Å². The molecule has 0 aliphatic heterocycles. The van der Waals surface area contributed by atoms with Gasteiger partial charge in [0, 0.05) is 19.6 Å². The van der Waals surface area contributed by atoms with Crippen LogP contribution < -0.4 is 0 Å². The predicted octanol–water partition coefficient (Wildman–Crippen LogP) is 2.66. The van der Waals surface area contributed by atoms with Crippen LogP contribution in [-0.2, 0) is 29.5 Å². The molecule has 0 unspecified atom stereocenters. The molecule has 1 saturated carbocycles. The fourth-order valence-corrected chi connectivity index (χ4v) is 3.74. The summed E-state index contributed by atoms with van der Waals surface area (Å²) in [6.07, 6.45) is 5.71. The molecule has 1 aliphatic rings. The Bertz CT molecular complexity index is 495. The first kappa shape index (κ1) is 16.5. The fourth-order valence-electron chi connectivity index (χ4n) is 3.00. The molecular weight excluding hydrogens is 334 g/mol. The van der Waals surface area contributed by atoms with Crippen LogP contribution in [-0.4, -0.2) is 40.3 Å². The number of ether oxygens (including phenoxy) is 1. The van der Waals surface area contributed by atoms with Gasteiger partial charge in [0.1, 0.15) is 0 Å². The molecule has 0 atom stereocenters. The van der Waals surface area contributed by atoms with E-state index in [0.29, 0.717) is 12.6 Å². The first-order valence-corrected chi connectivity index (χ1v) is 8.37. The van der Waals surface area contributed by atoms with E-state index in [0.717, 1.165) is 41.7 Å². The Morgan fingerprint density at radius 1 is 1.48 bits per heavy atom. The third kappa shape index (κ3) is 3.86. The Kier molecular flexibility index (Phi) is 5.81. The van der Waals surface area contributed by atoms with E-state index in [1.54, 1.807) is 0 Å². The lowest BCUT2D eigenvalue weighted by Gasteiger charge is -2.27. The van der Waals surface area contributed by atoms with Crippen LogP contribution in [0.1, 0.15) is 44.0 Å². The van der Waals surface area contributed by atoms with Gasteiger partial charge in [0.25, 0.3) is 0 Å². The van der Waals surface area contributed by atoms with Gasteiger partial charge in [-0.05, 0) is 35.2 Å². The maximum Gasteiger partial charge on any atom is 0.319 e. The molecule has 1 aromatic heterocycles. The van der Waals surface area contributed by atoms with Crippen molar-refractivity contribution in [3.8, 4) is 0 Å². The van der Waals surface area contributed by atoms with Gasteiger partial charge in [-0.1, -0.05) is 19.8 Å². The minimum absolute atomic E-state index is 0.170. The molecule has 0 aromatic carbocycles. The van der Waals surface area contributed by atoms with Crippen LogP contribution in [0.4, 0.5) is 0 Å². The Morgan fingerprint density at radius 2 is 2.14 bits per heavy atom. The van der Waals surface area contributed by atoms with Crippen molar-refractivity contribution in [1.82, 2.24) is 14.7 Å². The van der Waals surface area contributed by atoms with E-state index in [2.05, 4.69) is 32.9 Å². The van der Waals surface area contributed by atoms with Crippen LogP contribution in [0.5, 0.6) is 0 Å². The molecule has 0 amide bonds. The number of carbonyl (C=O) groups is 1. The van der Waals surface area contributed by atoms with Crippen molar-refractivity contribution in [1.29, 1.82) is 0 Å². The summed E-state index contributed by atoms with van der Waals surface area (Å²) in [5.74, 6) is -0.170. The Labute approximate surface area is 134 Å².